The molecule has 0 radical (unpaired) electrons. The van der Waals surface area contributed by atoms with E-state index in [1.165, 1.54) is 47.0 Å². The molecule has 0 saturated carbocycles. The second-order valence-corrected chi connectivity index (χ2v) is 10.1. The van der Waals surface area contributed by atoms with Gasteiger partial charge in [0.25, 0.3) is 5.91 Å². The van der Waals surface area contributed by atoms with Gasteiger partial charge in [-0.05, 0) is 50.2 Å². The van der Waals surface area contributed by atoms with E-state index in [1.54, 1.807) is 26.0 Å². The van der Waals surface area contributed by atoms with Gasteiger partial charge < -0.3 is 0 Å². The van der Waals surface area contributed by atoms with Gasteiger partial charge in [-0.2, -0.15) is 4.31 Å². The quantitative estimate of drug-likeness (QED) is 0.591. The molecule has 1 amide bonds. The van der Waals surface area contributed by atoms with Crippen LogP contribution in [0.25, 0.3) is 10.2 Å². The Balaban J connectivity index is 1.81. The minimum absolute atomic E-state index is 0.127. The number of rotatable bonds is 5. The Morgan fingerprint density at radius 2 is 1.79 bits per heavy atom. The summed E-state index contributed by atoms with van der Waals surface area (Å²) in [6.07, 6.45) is 0. The van der Waals surface area contributed by atoms with Crippen LogP contribution in [0.15, 0.2) is 41.3 Å². The topological polar surface area (TPSA) is 79.4 Å². The van der Waals surface area contributed by atoms with Crippen molar-refractivity contribution >= 4 is 65.8 Å². The Hall–Kier alpha value is -1.71. The third kappa shape index (κ3) is 4.01. The highest BCUT2D eigenvalue weighted by Crippen LogP contribution is 2.35. The summed E-state index contributed by atoms with van der Waals surface area (Å²) in [4.78, 5) is 16.9. The summed E-state index contributed by atoms with van der Waals surface area (Å²) < 4.78 is 27.1. The van der Waals surface area contributed by atoms with E-state index in [-0.39, 0.29) is 10.9 Å². The van der Waals surface area contributed by atoms with Crippen molar-refractivity contribution in [2.75, 3.05) is 12.4 Å². The molecule has 1 N–H and O–H groups in total. The number of fused-ring (bicyclic) bond motifs is 1. The van der Waals surface area contributed by atoms with Crippen molar-refractivity contribution in [3.05, 3.63) is 52.0 Å². The van der Waals surface area contributed by atoms with Gasteiger partial charge in [0.1, 0.15) is 5.52 Å². The molecule has 0 aliphatic carbocycles. The van der Waals surface area contributed by atoms with Crippen LogP contribution >= 0.6 is 34.5 Å². The summed E-state index contributed by atoms with van der Waals surface area (Å²) >= 11 is 13.4. The molecule has 6 nitrogen and oxygen atoms in total. The summed E-state index contributed by atoms with van der Waals surface area (Å²) in [6.45, 7) is 3.58. The van der Waals surface area contributed by atoms with Crippen molar-refractivity contribution in [1.29, 1.82) is 0 Å². The smallest absolute Gasteiger partial charge is 0.257 e. The Labute approximate surface area is 177 Å². The maximum atomic E-state index is 12.5. The molecule has 0 aliphatic heterocycles. The standard InChI is InChI=1S/C18H17Cl2N3O3S2/c1-10(2)23(3)28(25,26)12-6-4-11(5-7-12)17(24)22-18-21-16-14(27-18)9-8-13(19)15(16)20/h4-10H,1-3H3,(H,21,22,24). The molecule has 28 heavy (non-hydrogen) atoms. The summed E-state index contributed by atoms with van der Waals surface area (Å²) in [6, 6.07) is 9.04. The number of halogens is 2. The number of carbonyl (C=O) groups excluding carboxylic acids is 1. The second-order valence-electron chi connectivity index (χ2n) is 6.32. The summed E-state index contributed by atoms with van der Waals surface area (Å²) in [7, 11) is -2.08. The van der Waals surface area contributed by atoms with Crippen molar-refractivity contribution in [3.8, 4) is 0 Å². The van der Waals surface area contributed by atoms with E-state index in [9.17, 15) is 13.2 Å². The molecule has 0 atom stereocenters. The van der Waals surface area contributed by atoms with Gasteiger partial charge in [-0.25, -0.2) is 13.4 Å². The molecule has 0 spiro atoms. The first-order valence-corrected chi connectivity index (χ1v) is 11.3. The van der Waals surface area contributed by atoms with Crippen LogP contribution in [0.5, 0.6) is 0 Å². The van der Waals surface area contributed by atoms with E-state index in [0.29, 0.717) is 26.3 Å². The SMILES string of the molecule is CC(C)N(C)S(=O)(=O)c1ccc(C(=O)Nc2nc3c(Cl)c(Cl)ccc3s2)cc1. The first kappa shape index (κ1) is 21.0. The first-order chi connectivity index (χ1) is 13.1. The fourth-order valence-electron chi connectivity index (χ4n) is 2.38. The van der Waals surface area contributed by atoms with Crippen LogP contribution in [0.1, 0.15) is 24.2 Å². The predicted octanol–water partition coefficient (Wildman–Crippen LogP) is 4.88. The van der Waals surface area contributed by atoms with Gasteiger partial charge in [0.15, 0.2) is 5.13 Å². The molecule has 148 valence electrons. The van der Waals surface area contributed by atoms with Crippen LogP contribution in [0.4, 0.5) is 5.13 Å². The molecular weight excluding hydrogens is 441 g/mol. The second kappa shape index (κ2) is 7.96. The Morgan fingerprint density at radius 3 is 2.39 bits per heavy atom. The number of amides is 1. The number of carbonyl (C=O) groups is 1. The van der Waals surface area contributed by atoms with Gasteiger partial charge in [-0.3, -0.25) is 10.1 Å². The number of sulfonamides is 1. The lowest BCUT2D eigenvalue weighted by molar-refractivity contribution is 0.102. The van der Waals surface area contributed by atoms with E-state index in [0.717, 1.165) is 4.70 Å². The van der Waals surface area contributed by atoms with Crippen molar-refractivity contribution in [3.63, 3.8) is 0 Å². The third-order valence-electron chi connectivity index (χ3n) is 4.19. The predicted molar refractivity (Wildman–Crippen MR) is 114 cm³/mol. The van der Waals surface area contributed by atoms with Crippen molar-refractivity contribution in [2.45, 2.75) is 24.8 Å². The Bertz CT molecular complexity index is 1140. The molecule has 0 fully saturated rings. The highest BCUT2D eigenvalue weighted by Gasteiger charge is 2.23. The van der Waals surface area contributed by atoms with Crippen molar-refractivity contribution < 1.29 is 13.2 Å². The van der Waals surface area contributed by atoms with Gasteiger partial charge in [0.2, 0.25) is 10.0 Å². The van der Waals surface area contributed by atoms with Gasteiger partial charge in [-0.1, -0.05) is 34.5 Å². The van der Waals surface area contributed by atoms with Crippen molar-refractivity contribution in [1.82, 2.24) is 9.29 Å². The largest absolute Gasteiger partial charge is 0.298 e. The number of aromatic nitrogens is 1. The molecule has 10 heteroatoms. The molecule has 1 aromatic heterocycles. The molecule has 3 rings (SSSR count). The Morgan fingerprint density at radius 1 is 1.14 bits per heavy atom. The van der Waals surface area contributed by atoms with E-state index in [2.05, 4.69) is 10.3 Å². The lowest BCUT2D eigenvalue weighted by Gasteiger charge is -2.20. The monoisotopic (exact) mass is 457 g/mol. The minimum Gasteiger partial charge on any atom is -0.298 e. The molecule has 0 aliphatic rings. The van der Waals surface area contributed by atoms with Crippen LogP contribution < -0.4 is 5.32 Å². The average molecular weight is 458 g/mol. The summed E-state index contributed by atoms with van der Waals surface area (Å²) in [5, 5.41) is 3.80. The lowest BCUT2D eigenvalue weighted by Crippen LogP contribution is -2.33. The van der Waals surface area contributed by atoms with Crippen LogP contribution in [0.3, 0.4) is 0 Å². The highest BCUT2D eigenvalue weighted by atomic mass is 35.5. The molecule has 2 aromatic carbocycles. The van der Waals surface area contributed by atoms with Crippen LogP contribution in [-0.2, 0) is 10.0 Å². The van der Waals surface area contributed by atoms with Crippen molar-refractivity contribution in [2.24, 2.45) is 0 Å². The van der Waals surface area contributed by atoms with E-state index in [1.807, 2.05) is 0 Å². The number of anilines is 1. The van der Waals surface area contributed by atoms with Crippen LogP contribution in [0.2, 0.25) is 10.0 Å². The molecule has 3 aromatic rings. The fraction of sp³-hybridized carbons (Fsp3) is 0.222. The number of nitrogens with zero attached hydrogens (tertiary/aromatic N) is 2. The van der Waals surface area contributed by atoms with Crippen LogP contribution in [-0.4, -0.2) is 36.7 Å². The number of hydrogen-bond donors (Lipinski definition) is 1. The van der Waals surface area contributed by atoms with Gasteiger partial charge in [0, 0.05) is 18.7 Å². The zero-order chi connectivity index (χ0) is 20.6. The minimum atomic E-state index is -3.60. The molecule has 0 bridgehead atoms. The fourth-order valence-corrected chi connectivity index (χ4v) is 5.03. The molecule has 1 heterocycles. The molecule has 0 saturated heterocycles. The van der Waals surface area contributed by atoms with E-state index >= 15 is 0 Å². The van der Waals surface area contributed by atoms with Gasteiger partial charge in [0.05, 0.1) is 19.6 Å². The molecular formula is C18H17Cl2N3O3S2. The van der Waals surface area contributed by atoms with Gasteiger partial charge in [-0.15, -0.1) is 0 Å². The van der Waals surface area contributed by atoms with Gasteiger partial charge >= 0.3 is 0 Å². The first-order valence-electron chi connectivity index (χ1n) is 8.25. The maximum absolute atomic E-state index is 12.5. The number of hydrogen-bond acceptors (Lipinski definition) is 5. The van der Waals surface area contributed by atoms with Crippen LogP contribution in [0, 0.1) is 0 Å². The number of nitrogens with one attached hydrogen (secondary N) is 1. The maximum Gasteiger partial charge on any atom is 0.257 e. The third-order valence-corrected chi connectivity index (χ3v) is 7.97. The average Bonchev–Trinajstić information content (AvgIpc) is 3.07. The Kier molecular flexibility index (Phi) is 5.97. The summed E-state index contributed by atoms with van der Waals surface area (Å²) in [5.74, 6) is -0.401. The number of benzene rings is 2. The van der Waals surface area contributed by atoms with E-state index in [4.69, 9.17) is 23.2 Å². The lowest BCUT2D eigenvalue weighted by atomic mass is 10.2. The number of thiazole rings is 1. The normalized spacial score (nSPS) is 12.1. The zero-order valence-electron chi connectivity index (χ0n) is 15.2. The van der Waals surface area contributed by atoms with E-state index < -0.39 is 15.9 Å². The highest BCUT2D eigenvalue weighted by molar-refractivity contribution is 7.89. The molecule has 0 unspecified atom stereocenters. The summed E-state index contributed by atoms with van der Waals surface area (Å²) in [5.41, 5.74) is 0.835. The zero-order valence-corrected chi connectivity index (χ0v) is 18.4.